The predicted molar refractivity (Wildman–Crippen MR) is 357 cm³/mol. The molecule has 20 nitrogen and oxygen atoms in total. The van der Waals surface area contributed by atoms with E-state index in [-0.39, 0.29) is 34.5 Å². The summed E-state index contributed by atoms with van der Waals surface area (Å²) in [7, 11) is 5.95. The third kappa shape index (κ3) is 12.5. The molecule has 15 rings (SSSR count). The van der Waals surface area contributed by atoms with Gasteiger partial charge in [-0.1, -0.05) is 91.0 Å². The smallest absolute Gasteiger partial charge is 0.259 e. The zero-order valence-corrected chi connectivity index (χ0v) is 52.6. The zero-order chi connectivity index (χ0) is 64.4. The maximum Gasteiger partial charge on any atom is 0.259 e. The minimum absolute atomic E-state index is 0.0755. The van der Waals surface area contributed by atoms with Crippen molar-refractivity contribution in [2.75, 3.05) is 6.54 Å². The van der Waals surface area contributed by atoms with Crippen LogP contribution in [-0.4, -0.2) is 77.7 Å². The summed E-state index contributed by atoms with van der Waals surface area (Å²) in [5, 5.41) is 9.36. The van der Waals surface area contributed by atoms with E-state index < -0.39 is 0 Å². The fourth-order valence-electron chi connectivity index (χ4n) is 12.6. The molecule has 12 heterocycles. The van der Waals surface area contributed by atoms with E-state index in [9.17, 15) is 24.0 Å². The van der Waals surface area contributed by atoms with Crippen molar-refractivity contribution in [2.45, 2.75) is 85.0 Å². The third-order valence-electron chi connectivity index (χ3n) is 17.6. The van der Waals surface area contributed by atoms with E-state index in [1.165, 1.54) is 44.3 Å². The molecule has 0 radical (unpaired) electrons. The van der Waals surface area contributed by atoms with Crippen LogP contribution in [0.2, 0.25) is 0 Å². The molecule has 20 heteroatoms. The molecule has 3 aromatic carbocycles. The molecule has 12 aromatic rings. The van der Waals surface area contributed by atoms with Crippen molar-refractivity contribution in [1.82, 2.24) is 57.9 Å². The van der Waals surface area contributed by atoms with E-state index >= 15 is 0 Å². The van der Waals surface area contributed by atoms with Crippen LogP contribution in [0.4, 0.5) is 0 Å². The average molecular weight is 1240 g/mol. The summed E-state index contributed by atoms with van der Waals surface area (Å²) in [6.45, 7) is 9.15. The number of hydrogen-bond donors (Lipinski definition) is 2. The van der Waals surface area contributed by atoms with Crippen LogP contribution in [0.1, 0.15) is 76.0 Å². The van der Waals surface area contributed by atoms with Gasteiger partial charge < -0.3 is 43.4 Å². The number of aromatic nitrogens is 9. The Morgan fingerprint density at radius 2 is 0.914 bits per heavy atom. The van der Waals surface area contributed by atoms with Crippen LogP contribution >= 0.6 is 0 Å². The first-order valence-electron chi connectivity index (χ1n) is 31.0. The van der Waals surface area contributed by atoms with Gasteiger partial charge in [-0.3, -0.25) is 37.7 Å². The molecule has 3 aliphatic heterocycles. The lowest BCUT2D eigenvalue weighted by atomic mass is 9.99. The first-order valence-corrected chi connectivity index (χ1v) is 31.0. The molecule has 9 aromatic heterocycles. The fraction of sp³-hybridized carbons (Fsp3) is 0.233. The highest BCUT2D eigenvalue weighted by Gasteiger charge is 2.31. The number of pyridine rings is 6. The molecule has 0 aliphatic carbocycles. The lowest BCUT2D eigenvalue weighted by Gasteiger charge is -2.33. The molecule has 0 spiro atoms. The van der Waals surface area contributed by atoms with Crippen LogP contribution in [0.3, 0.4) is 0 Å². The second-order valence-corrected chi connectivity index (χ2v) is 23.7. The average Bonchev–Trinajstić information content (AvgIpc) is 1.64. The van der Waals surface area contributed by atoms with Gasteiger partial charge in [0, 0.05) is 155 Å². The minimum atomic E-state index is -0.232. The third-order valence-corrected chi connectivity index (χ3v) is 17.6. The number of benzene rings is 3. The number of ether oxygens (including phenoxy) is 3. The van der Waals surface area contributed by atoms with E-state index in [2.05, 4.69) is 51.7 Å². The van der Waals surface area contributed by atoms with Crippen LogP contribution in [0, 0.1) is 0 Å². The number of hydrogen-bond acceptors (Lipinski definition) is 12. The first kappa shape index (κ1) is 60.8. The second-order valence-electron chi connectivity index (χ2n) is 23.7. The molecule has 0 fully saturated rings. The van der Waals surface area contributed by atoms with Gasteiger partial charge in [0.2, 0.25) is 5.91 Å². The number of fused-ring (bicyclic) bond motifs is 9. The molecular formula is C73H70N12O8. The first-order chi connectivity index (χ1) is 45.1. The molecule has 2 N–H and O–H groups in total. The van der Waals surface area contributed by atoms with Crippen LogP contribution in [0.15, 0.2) is 197 Å². The molecule has 93 heavy (non-hydrogen) atoms. The van der Waals surface area contributed by atoms with Crippen LogP contribution < -0.4 is 41.5 Å². The normalized spacial score (nSPS) is 14.9. The second kappa shape index (κ2) is 26.0. The number of rotatable bonds is 12. The summed E-state index contributed by atoms with van der Waals surface area (Å²) in [5.74, 6) is 3.25. The van der Waals surface area contributed by atoms with Gasteiger partial charge in [0.25, 0.3) is 22.6 Å². The highest BCUT2D eigenvalue weighted by atomic mass is 16.5. The summed E-state index contributed by atoms with van der Waals surface area (Å²) in [4.78, 5) is 78.8. The largest absolute Gasteiger partial charge is 0.489 e. The number of amides is 2. The highest BCUT2D eigenvalue weighted by molar-refractivity contribution is 6.08. The summed E-state index contributed by atoms with van der Waals surface area (Å²) in [6.07, 6.45) is 7.60. The van der Waals surface area contributed by atoms with Crippen molar-refractivity contribution in [3.05, 3.63) is 264 Å². The molecular weight excluding hydrogens is 1170 g/mol. The van der Waals surface area contributed by atoms with Gasteiger partial charge in [-0.2, -0.15) is 0 Å². The SMILES string of the molecule is CC(=O)N1Cc2c(n(C)c3nc(-n4ccc(OCc5ccccc5)cc4=O)ccc23)CC1C.CC1Cc2c(c3ccc(-n4ccc(OCc5ccccc5)cc4=O)nc3n2C)CN1.Cn1c2c(c3ccc(-n4ccc(OCc5ccccc5)cc4=O)nc31)C(=O)NCC2. The Morgan fingerprint density at radius 3 is 1.35 bits per heavy atom. The number of carbonyl (C=O) groups is 2. The molecule has 0 bridgehead atoms. The molecule has 0 saturated carbocycles. The molecule has 2 atom stereocenters. The Bertz CT molecular complexity index is 4990. The maximum atomic E-state index is 12.8. The van der Waals surface area contributed by atoms with Crippen LogP contribution in [0.25, 0.3) is 50.6 Å². The highest BCUT2D eigenvalue weighted by Crippen LogP contribution is 2.34. The van der Waals surface area contributed by atoms with E-state index in [4.69, 9.17) is 24.2 Å². The Morgan fingerprint density at radius 1 is 0.505 bits per heavy atom. The summed E-state index contributed by atoms with van der Waals surface area (Å²) < 4.78 is 28.0. The van der Waals surface area contributed by atoms with Crippen LogP contribution in [-0.2, 0) is 78.1 Å². The van der Waals surface area contributed by atoms with Crippen molar-refractivity contribution in [3.63, 3.8) is 0 Å². The molecule has 2 amide bonds. The summed E-state index contributed by atoms with van der Waals surface area (Å²) in [5.41, 5.74) is 11.5. The number of nitrogens with one attached hydrogen (secondary N) is 2. The van der Waals surface area contributed by atoms with E-state index in [1.807, 2.05) is 139 Å². The Labute approximate surface area is 535 Å². The zero-order valence-electron chi connectivity index (χ0n) is 52.6. The van der Waals surface area contributed by atoms with E-state index in [0.29, 0.717) is 84.9 Å². The number of aryl methyl sites for hydroxylation is 3. The van der Waals surface area contributed by atoms with Crippen molar-refractivity contribution in [3.8, 4) is 34.7 Å². The lowest BCUT2D eigenvalue weighted by Crippen LogP contribution is -2.41. The molecule has 470 valence electrons. The number of nitrogens with zero attached hydrogens (tertiary/aromatic N) is 10. The Hall–Kier alpha value is -11.1. The summed E-state index contributed by atoms with van der Waals surface area (Å²) in [6, 6.07) is 51.3. The van der Waals surface area contributed by atoms with Crippen molar-refractivity contribution < 1.29 is 23.8 Å². The van der Waals surface area contributed by atoms with Gasteiger partial charge in [-0.15, -0.1) is 0 Å². The van der Waals surface area contributed by atoms with Gasteiger partial charge in [-0.05, 0) is 90.7 Å². The standard InChI is InChI=1S/C26H26N4O3.C24H24N4O2.C23H20N4O3/c1-17-13-23-22(15-30(17)18(2)31)21-9-10-24(27-26(21)28(23)3)29-12-11-20(14-25(29)32)33-16-19-7-5-4-6-8-19;1-16-12-21-20(14-25-16)19-8-9-22(26-24(19)27(21)2)28-11-10-18(13-23(28)29)30-15-17-6-4-3-5-7-17;1-26-18-9-11-24-23(29)21(18)17-7-8-19(25-22(17)26)27-12-10-16(13-20(27)28)30-14-15-5-3-2-4-6-15/h4-12,14,17H,13,15-16H2,1-3H3;3-11,13,16,25H,12,14-15H2,1-2H3;2-8,10,12-13H,9,11,14H2,1H3,(H,24,29). The van der Waals surface area contributed by atoms with Crippen molar-refractivity contribution in [1.29, 1.82) is 0 Å². The minimum Gasteiger partial charge on any atom is -0.489 e. The topological polar surface area (TPSA) is 209 Å². The Balaban J connectivity index is 0.000000127. The fourth-order valence-corrected chi connectivity index (χ4v) is 12.6. The van der Waals surface area contributed by atoms with Crippen LogP contribution in [0.5, 0.6) is 17.2 Å². The van der Waals surface area contributed by atoms with Crippen molar-refractivity contribution in [2.24, 2.45) is 21.1 Å². The molecule has 0 saturated heterocycles. The van der Waals surface area contributed by atoms with Crippen molar-refractivity contribution >= 4 is 44.9 Å². The quantitative estimate of drug-likeness (QED) is 0.117. The lowest BCUT2D eigenvalue weighted by molar-refractivity contribution is -0.131. The van der Waals surface area contributed by atoms with E-state index in [1.54, 1.807) is 54.3 Å². The predicted octanol–water partition coefficient (Wildman–Crippen LogP) is 9.52. The molecule has 2 unspecified atom stereocenters. The van der Waals surface area contributed by atoms with Gasteiger partial charge in [0.15, 0.2) is 0 Å². The van der Waals surface area contributed by atoms with Gasteiger partial charge in [0.1, 0.15) is 71.5 Å². The maximum absolute atomic E-state index is 12.8. The van der Waals surface area contributed by atoms with Gasteiger partial charge in [-0.25, -0.2) is 15.0 Å². The van der Waals surface area contributed by atoms with Gasteiger partial charge in [0.05, 0.1) is 5.56 Å². The summed E-state index contributed by atoms with van der Waals surface area (Å²) >= 11 is 0. The number of carbonyl (C=O) groups excluding carboxylic acids is 2. The Kier molecular flexibility index (Phi) is 17.0. The van der Waals surface area contributed by atoms with E-state index in [0.717, 1.165) is 81.2 Å². The molecule has 3 aliphatic rings. The van der Waals surface area contributed by atoms with Gasteiger partial charge >= 0.3 is 0 Å². The monoisotopic (exact) mass is 1240 g/mol.